The van der Waals surface area contributed by atoms with Gasteiger partial charge in [-0.3, -0.25) is 0 Å². The first-order valence-corrected chi connectivity index (χ1v) is 12.6. The number of primary sulfonamides is 1. The maximum absolute atomic E-state index is 12.8. The van der Waals surface area contributed by atoms with E-state index >= 15 is 0 Å². The second-order valence-corrected chi connectivity index (χ2v) is 10.9. The van der Waals surface area contributed by atoms with Crippen LogP contribution in [0.1, 0.15) is 5.56 Å². The molecule has 0 spiro atoms. The van der Waals surface area contributed by atoms with E-state index in [1.807, 2.05) is 5.53 Å². The number of nitrogen functional groups attached to an aromatic ring is 1. The number of hydrogen-bond donors (Lipinski definition) is 6. The molecule has 15 heteroatoms. The van der Waals surface area contributed by atoms with Crippen LogP contribution in [0.15, 0.2) is 45.2 Å². The smallest absolute Gasteiger partial charge is 0.240 e. The molecule has 0 fully saturated rings. The number of rotatable bonds is 7. The molecule has 3 aromatic rings. The third-order valence-electron chi connectivity index (χ3n) is 4.29. The molecule has 0 aliphatic heterocycles. The third-order valence-corrected chi connectivity index (χ3v) is 8.13. The SMILES string of the molecule is NCCS(=O)(=O)c1ccc(-c2cccc3nc(N)sc23)c(/C(N)=N/NN)c1S(N)(=O)=O. The Balaban J connectivity index is 2.53. The Morgan fingerprint density at radius 2 is 1.84 bits per heavy atom. The second-order valence-electron chi connectivity index (χ2n) is 6.30. The summed E-state index contributed by atoms with van der Waals surface area (Å²) in [6.45, 7) is -0.225. The maximum Gasteiger partial charge on any atom is 0.240 e. The molecule has 2 aromatic carbocycles. The number of sulfonamides is 1. The van der Waals surface area contributed by atoms with Crippen LogP contribution < -0.4 is 33.7 Å². The first-order chi connectivity index (χ1) is 14.5. The van der Waals surface area contributed by atoms with Gasteiger partial charge in [-0.25, -0.2) is 38.3 Å². The first-order valence-electron chi connectivity index (χ1n) is 8.58. The van der Waals surface area contributed by atoms with E-state index in [0.29, 0.717) is 20.9 Å². The fourth-order valence-electron chi connectivity index (χ4n) is 3.14. The summed E-state index contributed by atoms with van der Waals surface area (Å²) in [6, 6.07) is 7.66. The van der Waals surface area contributed by atoms with Crippen LogP contribution in [0.25, 0.3) is 21.3 Å². The van der Waals surface area contributed by atoms with Crippen LogP contribution >= 0.6 is 11.3 Å². The largest absolute Gasteiger partial charge is 0.382 e. The number of benzene rings is 2. The number of fused-ring (bicyclic) bond motifs is 1. The molecular formula is C16H20N8O4S3. The molecule has 0 aliphatic rings. The number of anilines is 1. The highest BCUT2D eigenvalue weighted by molar-refractivity contribution is 7.93. The van der Waals surface area contributed by atoms with Crippen molar-refractivity contribution in [2.45, 2.75) is 9.79 Å². The van der Waals surface area contributed by atoms with Gasteiger partial charge in [-0.2, -0.15) is 0 Å². The number of nitrogens with zero attached hydrogens (tertiary/aromatic N) is 2. The lowest BCUT2D eigenvalue weighted by molar-refractivity contribution is 0.583. The number of hydrazone groups is 1. The summed E-state index contributed by atoms with van der Waals surface area (Å²) < 4.78 is 51.3. The normalized spacial score (nSPS) is 12.9. The molecule has 0 bridgehead atoms. The van der Waals surface area contributed by atoms with E-state index in [2.05, 4.69) is 10.1 Å². The van der Waals surface area contributed by atoms with Crippen LogP contribution in [0.4, 0.5) is 5.13 Å². The number of nitrogens with one attached hydrogen (secondary N) is 1. The van der Waals surface area contributed by atoms with Gasteiger partial charge in [0.15, 0.2) is 20.8 Å². The number of hydrogen-bond acceptors (Lipinski definition) is 11. The lowest BCUT2D eigenvalue weighted by Gasteiger charge is -2.18. The summed E-state index contributed by atoms with van der Waals surface area (Å²) in [4.78, 5) is 2.97. The molecule has 12 nitrogen and oxygen atoms in total. The quantitative estimate of drug-likeness (QED) is 0.104. The zero-order valence-corrected chi connectivity index (χ0v) is 18.4. The van der Waals surface area contributed by atoms with Gasteiger partial charge in [0.05, 0.1) is 20.9 Å². The van der Waals surface area contributed by atoms with E-state index in [9.17, 15) is 16.8 Å². The summed E-state index contributed by atoms with van der Waals surface area (Å²) in [7, 11) is -8.70. The van der Waals surface area contributed by atoms with E-state index in [1.165, 1.54) is 17.4 Å². The summed E-state index contributed by atoms with van der Waals surface area (Å²) >= 11 is 1.17. The van der Waals surface area contributed by atoms with Crippen molar-refractivity contribution in [2.24, 2.45) is 27.6 Å². The number of hydrazine groups is 1. The van der Waals surface area contributed by atoms with Gasteiger partial charge in [-0.15, -0.1) is 5.10 Å². The Morgan fingerprint density at radius 3 is 2.45 bits per heavy atom. The molecule has 0 aliphatic carbocycles. The lowest BCUT2D eigenvalue weighted by atomic mass is 9.98. The van der Waals surface area contributed by atoms with E-state index in [0.717, 1.165) is 6.07 Å². The average Bonchev–Trinajstić information content (AvgIpc) is 3.06. The highest BCUT2D eigenvalue weighted by Crippen LogP contribution is 2.39. The van der Waals surface area contributed by atoms with Gasteiger partial charge in [-0.05, 0) is 17.7 Å². The highest BCUT2D eigenvalue weighted by Gasteiger charge is 2.31. The number of amidine groups is 1. The number of sulfone groups is 1. The van der Waals surface area contributed by atoms with Crippen molar-refractivity contribution < 1.29 is 16.8 Å². The topological polar surface area (TPSA) is 236 Å². The summed E-state index contributed by atoms with van der Waals surface area (Å²) in [6.07, 6.45) is 0. The molecule has 0 unspecified atom stereocenters. The molecular weight excluding hydrogens is 464 g/mol. The predicted molar refractivity (Wildman–Crippen MR) is 120 cm³/mol. The van der Waals surface area contributed by atoms with E-state index in [4.69, 9.17) is 28.2 Å². The van der Waals surface area contributed by atoms with Crippen LogP contribution in [0.5, 0.6) is 0 Å². The molecule has 1 heterocycles. The fourth-order valence-corrected chi connectivity index (χ4v) is 6.76. The molecule has 0 radical (unpaired) electrons. The minimum atomic E-state index is -4.59. The van der Waals surface area contributed by atoms with E-state index < -0.39 is 35.4 Å². The molecule has 3 rings (SSSR count). The Labute approximate surface area is 182 Å². The van der Waals surface area contributed by atoms with Gasteiger partial charge in [0.25, 0.3) is 0 Å². The molecule has 11 N–H and O–H groups in total. The van der Waals surface area contributed by atoms with Crippen molar-refractivity contribution in [3.05, 3.63) is 35.9 Å². The van der Waals surface area contributed by atoms with E-state index in [-0.39, 0.29) is 23.5 Å². The first kappa shape index (κ1) is 22.9. The Morgan fingerprint density at radius 1 is 1.13 bits per heavy atom. The molecule has 31 heavy (non-hydrogen) atoms. The fraction of sp³-hybridized carbons (Fsp3) is 0.125. The highest BCUT2D eigenvalue weighted by atomic mass is 32.2. The van der Waals surface area contributed by atoms with Gasteiger partial charge in [0.1, 0.15) is 4.90 Å². The molecule has 0 saturated heterocycles. The number of nitrogens with two attached hydrogens (primary N) is 5. The van der Waals surface area contributed by atoms with Crippen molar-refractivity contribution in [3.8, 4) is 11.1 Å². The standard InChI is InChI=1S/C16H20N8O4S3/c17-6-7-30(25,26)11-5-4-8(9-2-1-3-10-13(9)29-16(19)22-10)12(15(18)23-24-20)14(11)31(21,27)28/h1-5,24H,6-7,17,20H2,(H2,18,23)(H2,19,22)(H2,21,27,28). The van der Waals surface area contributed by atoms with Crippen LogP contribution in [0.2, 0.25) is 0 Å². The maximum atomic E-state index is 12.8. The van der Waals surface area contributed by atoms with Crippen molar-refractivity contribution >= 4 is 52.4 Å². The Kier molecular flexibility index (Phi) is 6.17. The zero-order valence-electron chi connectivity index (χ0n) is 15.9. The molecule has 1 aromatic heterocycles. The average molecular weight is 485 g/mol. The van der Waals surface area contributed by atoms with Crippen LogP contribution in [-0.2, 0) is 19.9 Å². The van der Waals surface area contributed by atoms with Gasteiger partial charge < -0.3 is 17.2 Å². The number of aromatic nitrogens is 1. The summed E-state index contributed by atoms with van der Waals surface area (Å²) in [5.41, 5.74) is 20.3. The van der Waals surface area contributed by atoms with Crippen molar-refractivity contribution in [2.75, 3.05) is 18.0 Å². The Bertz CT molecular complexity index is 1400. The third kappa shape index (κ3) is 4.32. The lowest BCUT2D eigenvalue weighted by Crippen LogP contribution is -2.29. The van der Waals surface area contributed by atoms with Crippen molar-refractivity contribution in [3.63, 3.8) is 0 Å². The number of thiazole rings is 1. The summed E-state index contributed by atoms with van der Waals surface area (Å²) in [5.74, 6) is 4.34. The monoisotopic (exact) mass is 484 g/mol. The molecule has 0 saturated carbocycles. The van der Waals surface area contributed by atoms with E-state index in [1.54, 1.807) is 18.2 Å². The summed E-state index contributed by atoms with van der Waals surface area (Å²) in [5, 5.41) is 9.38. The Hall–Kier alpha value is -2.82. The van der Waals surface area contributed by atoms with Gasteiger partial charge >= 0.3 is 0 Å². The molecule has 0 atom stereocenters. The van der Waals surface area contributed by atoms with Gasteiger partial charge in [-0.1, -0.05) is 29.5 Å². The van der Waals surface area contributed by atoms with Gasteiger partial charge in [0.2, 0.25) is 10.0 Å². The molecule has 166 valence electrons. The van der Waals surface area contributed by atoms with Crippen LogP contribution in [-0.4, -0.2) is 40.0 Å². The predicted octanol–water partition coefficient (Wildman–Crippen LogP) is -0.991. The van der Waals surface area contributed by atoms with Crippen LogP contribution in [0.3, 0.4) is 0 Å². The zero-order chi connectivity index (χ0) is 23.0. The van der Waals surface area contributed by atoms with Gasteiger partial charge in [0, 0.05) is 17.7 Å². The van der Waals surface area contributed by atoms with Crippen molar-refractivity contribution in [1.82, 2.24) is 10.5 Å². The second kappa shape index (κ2) is 8.37. The van der Waals surface area contributed by atoms with Crippen molar-refractivity contribution in [1.29, 1.82) is 0 Å². The minimum absolute atomic E-state index is 0.224. The molecule has 0 amide bonds. The minimum Gasteiger partial charge on any atom is -0.382 e. The van der Waals surface area contributed by atoms with Crippen LogP contribution in [0, 0.1) is 0 Å².